The number of aromatic amines is 1. The van der Waals surface area contributed by atoms with Crippen LogP contribution in [0.2, 0.25) is 0 Å². The molecule has 0 aliphatic carbocycles. The van der Waals surface area contributed by atoms with Gasteiger partial charge in [-0.2, -0.15) is 0 Å². The van der Waals surface area contributed by atoms with Gasteiger partial charge in [0.15, 0.2) is 0 Å². The fourth-order valence-corrected chi connectivity index (χ4v) is 16.9. The third-order valence-corrected chi connectivity index (χ3v) is 24.1. The van der Waals surface area contributed by atoms with Crippen LogP contribution in [-0.4, -0.2) is 278 Å². The SMILES string of the molecule is CCCC[C@H]1C(=O)N2CCC[C@@H]2C(=O)N[C@@H](CC(=O)O)C(=O)N[C@@H](C(C)C)C(=O)N(C)[C@@H](C(C)C)C(=O)N[C@@H](CCC(N)=O)C(=O)N2CCCC[C@@H]2C(=O)N[C@H](Cc2c[nH]c3ccccc23)C(=O)N[C@@H](Cc2ccc(O)cc2)C(=O)N[C@@H](CCCN)C(=O)N[C@H](C(=O)NCC(N)=O)CSCC(=O)N[C@@H](Cc2ccc(F)cc2)C(=O)N(C)[C@@H](Cc2ccccc2)C(=O)N1C. The Balaban J connectivity index is 1.22. The fraction of sp³-hybridized carbons (Fsp3) is 0.517. The number of aromatic nitrogens is 1. The molecule has 4 aromatic carbocycles. The van der Waals surface area contributed by atoms with Gasteiger partial charge in [-0.15, -0.1) is 11.8 Å². The largest absolute Gasteiger partial charge is 0.508 e. The monoisotopic (exact) mass is 1800 g/mol. The molecule has 4 heterocycles. The van der Waals surface area contributed by atoms with E-state index >= 15 is 43.2 Å². The van der Waals surface area contributed by atoms with E-state index in [1.807, 2.05) is 6.92 Å². The number of thioether (sulfide) groups is 1. The van der Waals surface area contributed by atoms with Crippen LogP contribution in [0.1, 0.15) is 140 Å². The molecule has 16 amide bonds. The van der Waals surface area contributed by atoms with Crippen LogP contribution in [0.4, 0.5) is 4.39 Å². The molecular weight excluding hydrogens is 1680 g/mol. The molecule has 1 aromatic heterocycles. The molecule has 3 aliphatic rings. The summed E-state index contributed by atoms with van der Waals surface area (Å²) < 4.78 is 14.6. The van der Waals surface area contributed by atoms with E-state index in [0.717, 1.165) is 33.7 Å². The highest BCUT2D eigenvalue weighted by molar-refractivity contribution is 8.00. The van der Waals surface area contributed by atoms with Crippen molar-refractivity contribution in [2.75, 3.05) is 58.8 Å². The number of phenols is 1. The van der Waals surface area contributed by atoms with Crippen LogP contribution in [0.3, 0.4) is 0 Å². The van der Waals surface area contributed by atoms with Gasteiger partial charge in [0, 0.05) is 89.2 Å². The van der Waals surface area contributed by atoms with Gasteiger partial charge in [0.1, 0.15) is 90.1 Å². The van der Waals surface area contributed by atoms with Gasteiger partial charge in [0.2, 0.25) is 94.5 Å². The second-order valence-electron chi connectivity index (χ2n) is 33.3. The Labute approximate surface area is 746 Å². The first-order valence-electron chi connectivity index (χ1n) is 43.2. The van der Waals surface area contributed by atoms with Crippen LogP contribution >= 0.6 is 11.8 Å². The zero-order valence-electron chi connectivity index (χ0n) is 73.4. The summed E-state index contributed by atoms with van der Waals surface area (Å²) in [6.07, 6.45) is 0.303. The Morgan fingerprint density at radius 3 is 1.70 bits per heavy atom. The number of halogens is 1. The molecule has 0 radical (unpaired) electrons. The van der Waals surface area contributed by atoms with Crippen molar-refractivity contribution in [3.63, 3.8) is 0 Å². The van der Waals surface area contributed by atoms with Crippen LogP contribution in [0.25, 0.3) is 10.9 Å². The van der Waals surface area contributed by atoms with Crippen LogP contribution in [0.15, 0.2) is 109 Å². The number of nitrogens with zero attached hydrogens (tertiary/aromatic N) is 5. The van der Waals surface area contributed by atoms with Gasteiger partial charge in [-0.25, -0.2) is 4.39 Å². The number of aliphatic carboxylic acids is 1. The average Bonchev–Trinajstić information content (AvgIpc) is 1.53. The number of para-hydroxylation sites is 1. The summed E-state index contributed by atoms with van der Waals surface area (Å²) in [5.41, 5.74) is 19.6. The number of carboxylic acids is 1. The number of likely N-dealkylation sites (N-methyl/N-ethyl adjacent to an activating group) is 3. The lowest BCUT2D eigenvalue weighted by Gasteiger charge is -2.39. The topological polar surface area (TPSA) is 549 Å². The highest BCUT2D eigenvalue weighted by Gasteiger charge is 2.46. The maximum atomic E-state index is 15.6. The quantitative estimate of drug-likeness (QED) is 0.0396. The number of piperidine rings is 1. The number of rotatable bonds is 24. The van der Waals surface area contributed by atoms with E-state index in [9.17, 15) is 53.0 Å². The number of carbonyl (C=O) groups is 17. The number of H-pyrrole nitrogens is 1. The second kappa shape index (κ2) is 48.4. The summed E-state index contributed by atoms with van der Waals surface area (Å²) in [4.78, 5) is 258. The number of carboxylic acid groups (broad SMARTS) is 1. The summed E-state index contributed by atoms with van der Waals surface area (Å²) >= 11 is 0.772. The third-order valence-electron chi connectivity index (χ3n) is 23.1. The normalized spacial score (nSPS) is 24.1. The number of nitrogens with two attached hydrogens (primary N) is 3. The van der Waals surface area contributed by atoms with Gasteiger partial charge in [0.25, 0.3) is 0 Å². The Hall–Kier alpha value is -12.6. The van der Waals surface area contributed by atoms with E-state index in [1.165, 1.54) is 72.2 Å². The number of primary amides is 2. The maximum Gasteiger partial charge on any atom is 0.305 e. The summed E-state index contributed by atoms with van der Waals surface area (Å²) in [6.45, 7) is 7.23. The zero-order valence-corrected chi connectivity index (χ0v) is 74.2. The van der Waals surface area contributed by atoms with Gasteiger partial charge in [-0.05, 0) is 129 Å². The van der Waals surface area contributed by atoms with E-state index in [0.29, 0.717) is 58.8 Å². The first kappa shape index (κ1) is 101. The minimum Gasteiger partial charge on any atom is -0.508 e. The molecule has 18 N–H and O–H groups in total. The van der Waals surface area contributed by atoms with Crippen LogP contribution in [0.5, 0.6) is 5.75 Å². The summed E-state index contributed by atoms with van der Waals surface area (Å²) in [5.74, 6) is -19.5. The molecule has 3 saturated heterocycles. The first-order valence-corrected chi connectivity index (χ1v) is 44.3. The lowest BCUT2D eigenvalue weighted by atomic mass is 9.96. The van der Waals surface area contributed by atoms with Crippen LogP contribution in [-0.2, 0) is 107 Å². The van der Waals surface area contributed by atoms with Crippen molar-refractivity contribution >= 4 is 123 Å². The number of aromatic hydroxyl groups is 1. The average molecular weight is 1800 g/mol. The number of unbranched alkanes of at least 4 members (excludes halogenated alkanes) is 1. The molecule has 694 valence electrons. The van der Waals surface area contributed by atoms with Gasteiger partial charge >= 0.3 is 5.97 Å². The highest BCUT2D eigenvalue weighted by atomic mass is 32.2. The number of phenolic OH excluding ortho intramolecular Hbond substituents is 1. The molecule has 0 unspecified atom stereocenters. The molecule has 3 aliphatic heterocycles. The minimum atomic E-state index is -1.90. The molecule has 0 bridgehead atoms. The predicted molar refractivity (Wildman–Crippen MR) is 471 cm³/mol. The molecule has 37 nitrogen and oxygen atoms in total. The van der Waals surface area contributed by atoms with Crippen molar-refractivity contribution in [1.82, 2.24) is 77.3 Å². The molecule has 128 heavy (non-hydrogen) atoms. The number of carbonyl (C=O) groups excluding carboxylic acids is 16. The Kier molecular flexibility index (Phi) is 38.1. The lowest BCUT2D eigenvalue weighted by molar-refractivity contribution is -0.152. The van der Waals surface area contributed by atoms with E-state index in [-0.39, 0.29) is 89.6 Å². The summed E-state index contributed by atoms with van der Waals surface area (Å²) in [6, 6.07) is 6.24. The Bertz CT molecular complexity index is 4770. The van der Waals surface area contributed by atoms with E-state index in [1.54, 1.807) is 88.5 Å². The van der Waals surface area contributed by atoms with Crippen molar-refractivity contribution in [2.24, 2.45) is 29.0 Å². The number of amides is 16. The molecular formula is C89H121FN18O19S. The maximum absolute atomic E-state index is 15.6. The number of hydrogen-bond donors (Lipinski definition) is 15. The zero-order chi connectivity index (χ0) is 93.8. The molecule has 0 saturated carbocycles. The number of benzene rings is 4. The smallest absolute Gasteiger partial charge is 0.305 e. The molecule has 0 spiro atoms. The van der Waals surface area contributed by atoms with Crippen molar-refractivity contribution < 1.29 is 96.1 Å². The molecule has 5 aromatic rings. The molecule has 39 heteroatoms. The summed E-state index contributed by atoms with van der Waals surface area (Å²) in [7, 11) is 3.95. The van der Waals surface area contributed by atoms with Gasteiger partial charge in [-0.1, -0.05) is 120 Å². The van der Waals surface area contributed by atoms with Crippen molar-refractivity contribution in [2.45, 2.75) is 222 Å². The standard InChI is InChI=1S/C89H121FN18O19S/c1-9-10-25-69-88(126)108-40-19-27-68(108)83(121)101-64(45-74(113)114)81(119)103-75(50(2)3)89(127)106(8)76(51(4)5)84(122)98-61(36-37-71(92)110)86(124)107-39-17-16-26-67(107)82(120)100-63(44-55-46-94-59-23-15-14-22-58(55)59)80(118)99-62(41-54-30-34-57(109)35-31-54)79(117)97-60(24-18-38-91)78(116)102-66(77(115)95-47-72(93)111)48-128-49-73(112)96-65(42-53-28-32-56(90)33-29-53)85(123)105(7)70(87(125)104(69)6)43-52-20-12-11-13-21-52/h11-15,20-23,28-35,46,50-51,60-70,75-76,94,109H,9-10,16-19,24-27,36-45,47-49,91H2,1-8H3,(H2,92,110)(H2,93,111)(H,95,115)(H,96,112)(H,97,117)(H,98,122)(H,99,118)(H,100,120)(H,101,121)(H,102,116)(H,103,119)(H,113,114)/t60-,61-,62-,63+,64-,65-,66-,67+,68+,69-,70-,75-,76-/m0/s1. The number of nitrogens with one attached hydrogen (secondary N) is 10. The number of fused-ring (bicyclic) bond motifs is 3. The predicted octanol–water partition coefficient (Wildman–Crippen LogP) is 0.344. The Morgan fingerprint density at radius 1 is 0.523 bits per heavy atom. The fourth-order valence-electron chi connectivity index (χ4n) is 16.1. The van der Waals surface area contributed by atoms with Crippen LogP contribution in [0, 0.1) is 17.7 Å². The van der Waals surface area contributed by atoms with Crippen molar-refractivity contribution in [1.29, 1.82) is 0 Å². The minimum absolute atomic E-state index is 0.00311. The van der Waals surface area contributed by atoms with Crippen molar-refractivity contribution in [3.05, 3.63) is 137 Å². The number of hydrogen-bond acceptors (Lipinski definition) is 20. The highest BCUT2D eigenvalue weighted by Crippen LogP contribution is 2.28. The molecule has 3 fully saturated rings. The first-order chi connectivity index (χ1) is 60.9. The molecule has 13 atom stereocenters. The van der Waals surface area contributed by atoms with E-state index in [2.05, 4.69) is 52.8 Å². The van der Waals surface area contributed by atoms with Gasteiger partial charge in [0.05, 0.1) is 18.7 Å². The van der Waals surface area contributed by atoms with Gasteiger partial charge in [-0.3, -0.25) is 81.5 Å². The third kappa shape index (κ3) is 28.5. The van der Waals surface area contributed by atoms with Gasteiger partial charge < -0.3 is 105 Å². The lowest BCUT2D eigenvalue weighted by Crippen LogP contribution is -2.63. The van der Waals surface area contributed by atoms with Crippen molar-refractivity contribution in [3.8, 4) is 5.75 Å². The van der Waals surface area contributed by atoms with Crippen LogP contribution < -0.4 is 65.1 Å². The van der Waals surface area contributed by atoms with E-state index in [4.69, 9.17) is 17.2 Å². The second-order valence-corrected chi connectivity index (χ2v) is 34.4. The summed E-state index contributed by atoms with van der Waals surface area (Å²) in [5, 5.41) is 45.1. The Morgan fingerprint density at radius 2 is 1.08 bits per heavy atom. The molecule has 8 rings (SSSR count). The van der Waals surface area contributed by atoms with E-state index < -0.39 is 234 Å².